The third-order valence-corrected chi connectivity index (χ3v) is 2.85. The molecule has 18 heavy (non-hydrogen) atoms. The summed E-state index contributed by atoms with van der Waals surface area (Å²) >= 11 is 0. The molecule has 1 aromatic heterocycles. The van der Waals surface area contributed by atoms with Crippen molar-refractivity contribution in [2.75, 3.05) is 6.61 Å². The number of nitrogens with zero attached hydrogens (tertiary/aromatic N) is 2. The lowest BCUT2D eigenvalue weighted by Crippen LogP contribution is -2.44. The average Bonchev–Trinajstić information content (AvgIpc) is 2.35. The first kappa shape index (κ1) is 14.7. The van der Waals surface area contributed by atoms with Crippen LogP contribution in [0.4, 0.5) is 13.2 Å². The zero-order chi connectivity index (χ0) is 13.8. The number of hydrogen-bond acceptors (Lipinski definition) is 4. The molecule has 0 unspecified atom stereocenters. The fourth-order valence-electron chi connectivity index (χ4n) is 1.22. The molecular weight excluding hydrogens is 247 g/mol. The lowest BCUT2D eigenvalue weighted by molar-refractivity contribution is -0.141. The average molecular weight is 263 g/mol. The fourth-order valence-corrected chi connectivity index (χ4v) is 1.22. The SMILES string of the molecule is CCC(N)(CC)COc1ccc(C(F)(F)F)nn1. The molecule has 2 N–H and O–H groups in total. The summed E-state index contributed by atoms with van der Waals surface area (Å²) in [6.45, 7) is 4.04. The number of nitrogens with two attached hydrogens (primary N) is 1. The Morgan fingerprint density at radius 2 is 1.78 bits per heavy atom. The van der Waals surface area contributed by atoms with E-state index in [9.17, 15) is 13.2 Å². The van der Waals surface area contributed by atoms with E-state index in [1.54, 1.807) is 0 Å². The van der Waals surface area contributed by atoms with Crippen LogP contribution in [0.5, 0.6) is 5.88 Å². The maximum atomic E-state index is 12.2. The Morgan fingerprint density at radius 3 is 2.17 bits per heavy atom. The van der Waals surface area contributed by atoms with E-state index in [2.05, 4.69) is 10.2 Å². The minimum Gasteiger partial charge on any atom is -0.475 e. The maximum Gasteiger partial charge on any atom is 0.435 e. The van der Waals surface area contributed by atoms with Crippen molar-refractivity contribution < 1.29 is 17.9 Å². The van der Waals surface area contributed by atoms with Crippen molar-refractivity contribution in [3.05, 3.63) is 17.8 Å². The van der Waals surface area contributed by atoms with E-state index in [1.165, 1.54) is 0 Å². The molecule has 1 rings (SSSR count). The van der Waals surface area contributed by atoms with Crippen molar-refractivity contribution in [1.29, 1.82) is 0 Å². The van der Waals surface area contributed by atoms with Gasteiger partial charge in [-0.2, -0.15) is 13.2 Å². The highest BCUT2D eigenvalue weighted by molar-refractivity contribution is 5.13. The molecule has 0 aliphatic rings. The van der Waals surface area contributed by atoms with Crippen LogP contribution in [0.15, 0.2) is 12.1 Å². The van der Waals surface area contributed by atoms with Crippen LogP contribution in [-0.4, -0.2) is 22.3 Å². The predicted octanol–water partition coefficient (Wildman–Crippen LogP) is 2.39. The second-order valence-corrected chi connectivity index (χ2v) is 4.11. The molecule has 1 heterocycles. The molecule has 0 bridgehead atoms. The zero-order valence-electron chi connectivity index (χ0n) is 10.3. The molecule has 0 aliphatic heterocycles. The number of alkyl halides is 3. The predicted molar refractivity (Wildman–Crippen MR) is 60.0 cm³/mol. The summed E-state index contributed by atoms with van der Waals surface area (Å²) in [6.07, 6.45) is -3.08. The smallest absolute Gasteiger partial charge is 0.435 e. The molecule has 1 aromatic rings. The molecule has 0 amide bonds. The number of aromatic nitrogens is 2. The van der Waals surface area contributed by atoms with Gasteiger partial charge in [0.2, 0.25) is 5.88 Å². The highest BCUT2D eigenvalue weighted by atomic mass is 19.4. The van der Waals surface area contributed by atoms with Gasteiger partial charge in [-0.1, -0.05) is 13.8 Å². The Bertz CT molecular complexity index is 374. The van der Waals surface area contributed by atoms with Gasteiger partial charge >= 0.3 is 6.18 Å². The van der Waals surface area contributed by atoms with Crippen molar-refractivity contribution in [1.82, 2.24) is 10.2 Å². The molecule has 0 aliphatic carbocycles. The fraction of sp³-hybridized carbons (Fsp3) is 0.636. The van der Waals surface area contributed by atoms with Crippen LogP contribution >= 0.6 is 0 Å². The summed E-state index contributed by atoms with van der Waals surface area (Å²) in [7, 11) is 0. The molecule has 0 radical (unpaired) electrons. The minimum absolute atomic E-state index is 0.0414. The van der Waals surface area contributed by atoms with Crippen LogP contribution in [-0.2, 0) is 6.18 Å². The van der Waals surface area contributed by atoms with E-state index in [0.717, 1.165) is 12.1 Å². The molecule has 4 nitrogen and oxygen atoms in total. The molecule has 0 fully saturated rings. The van der Waals surface area contributed by atoms with E-state index in [0.29, 0.717) is 12.8 Å². The molecule has 0 atom stereocenters. The topological polar surface area (TPSA) is 61.0 Å². The Morgan fingerprint density at radius 1 is 1.17 bits per heavy atom. The maximum absolute atomic E-state index is 12.2. The van der Waals surface area contributed by atoms with Crippen LogP contribution in [0.2, 0.25) is 0 Å². The number of rotatable bonds is 5. The van der Waals surface area contributed by atoms with Crippen molar-refractivity contribution in [2.45, 2.75) is 38.4 Å². The minimum atomic E-state index is -4.49. The van der Waals surface area contributed by atoms with E-state index < -0.39 is 17.4 Å². The molecule has 0 aromatic carbocycles. The van der Waals surface area contributed by atoms with Crippen LogP contribution in [0.25, 0.3) is 0 Å². The normalized spacial score (nSPS) is 12.6. The van der Waals surface area contributed by atoms with Gasteiger partial charge in [-0.3, -0.25) is 0 Å². The molecule has 7 heteroatoms. The van der Waals surface area contributed by atoms with Gasteiger partial charge in [-0.05, 0) is 18.9 Å². The van der Waals surface area contributed by atoms with E-state index in [4.69, 9.17) is 10.5 Å². The number of halogens is 3. The third kappa shape index (κ3) is 3.83. The van der Waals surface area contributed by atoms with Gasteiger partial charge < -0.3 is 10.5 Å². The first-order valence-electron chi connectivity index (χ1n) is 5.63. The Labute approximate surface area is 103 Å². The first-order chi connectivity index (χ1) is 8.30. The number of hydrogen-bond donors (Lipinski definition) is 1. The van der Waals surface area contributed by atoms with Gasteiger partial charge in [0.15, 0.2) is 5.69 Å². The van der Waals surface area contributed by atoms with Crippen molar-refractivity contribution in [2.24, 2.45) is 5.73 Å². The van der Waals surface area contributed by atoms with Gasteiger partial charge in [-0.15, -0.1) is 10.2 Å². The third-order valence-electron chi connectivity index (χ3n) is 2.85. The highest BCUT2D eigenvalue weighted by Crippen LogP contribution is 2.27. The van der Waals surface area contributed by atoms with Crippen molar-refractivity contribution in [3.63, 3.8) is 0 Å². The largest absolute Gasteiger partial charge is 0.475 e. The first-order valence-corrected chi connectivity index (χ1v) is 5.63. The summed E-state index contributed by atoms with van der Waals surface area (Å²) in [5.74, 6) is 0.0414. The van der Waals surface area contributed by atoms with Crippen LogP contribution < -0.4 is 10.5 Å². The summed E-state index contributed by atoms with van der Waals surface area (Å²) in [6, 6.07) is 1.97. The second kappa shape index (κ2) is 5.51. The highest BCUT2D eigenvalue weighted by Gasteiger charge is 2.33. The monoisotopic (exact) mass is 263 g/mol. The van der Waals surface area contributed by atoms with Gasteiger partial charge in [-0.25, -0.2) is 0 Å². The molecule has 102 valence electrons. The summed E-state index contributed by atoms with van der Waals surface area (Å²) in [4.78, 5) is 0. The summed E-state index contributed by atoms with van der Waals surface area (Å²) in [5.41, 5.74) is 4.45. The van der Waals surface area contributed by atoms with E-state index in [1.807, 2.05) is 13.8 Å². The van der Waals surface area contributed by atoms with Gasteiger partial charge in [0.05, 0.1) is 0 Å². The van der Waals surface area contributed by atoms with Crippen LogP contribution in [0.1, 0.15) is 32.4 Å². The summed E-state index contributed by atoms with van der Waals surface area (Å²) < 4.78 is 42.0. The van der Waals surface area contributed by atoms with Gasteiger partial charge in [0, 0.05) is 11.6 Å². The second-order valence-electron chi connectivity index (χ2n) is 4.11. The quantitative estimate of drug-likeness (QED) is 0.886. The van der Waals surface area contributed by atoms with Crippen LogP contribution in [0.3, 0.4) is 0 Å². The number of ether oxygens (including phenoxy) is 1. The Hall–Kier alpha value is -1.37. The Balaban J connectivity index is 2.65. The van der Waals surface area contributed by atoms with Gasteiger partial charge in [0.25, 0.3) is 0 Å². The van der Waals surface area contributed by atoms with Crippen molar-refractivity contribution in [3.8, 4) is 5.88 Å². The van der Waals surface area contributed by atoms with E-state index >= 15 is 0 Å². The Kier molecular flexibility index (Phi) is 4.50. The van der Waals surface area contributed by atoms with Crippen LogP contribution in [0, 0.1) is 0 Å². The molecule has 0 saturated heterocycles. The molecule has 0 saturated carbocycles. The molecule has 0 spiro atoms. The van der Waals surface area contributed by atoms with Gasteiger partial charge in [0.1, 0.15) is 6.61 Å². The molecular formula is C11H16F3N3O. The standard InChI is InChI=1S/C11H16F3N3O/c1-3-10(15,4-2)7-18-9-6-5-8(16-17-9)11(12,13)14/h5-6H,3-4,7,15H2,1-2H3. The lowest BCUT2D eigenvalue weighted by atomic mass is 9.96. The summed E-state index contributed by atoms with van der Waals surface area (Å²) in [5, 5.41) is 6.43. The lowest BCUT2D eigenvalue weighted by Gasteiger charge is -2.25. The zero-order valence-corrected chi connectivity index (χ0v) is 10.3. The van der Waals surface area contributed by atoms with Crippen molar-refractivity contribution >= 4 is 0 Å². The van der Waals surface area contributed by atoms with E-state index in [-0.39, 0.29) is 12.5 Å².